The van der Waals surface area contributed by atoms with Crippen molar-refractivity contribution in [2.24, 2.45) is 17.8 Å². The predicted octanol–water partition coefficient (Wildman–Crippen LogP) is 2.75. The number of carbonyl (C=O) groups is 1. The average molecular weight is 259 g/mol. The van der Waals surface area contributed by atoms with Crippen LogP contribution in [0.4, 0.5) is 0 Å². The molecule has 0 heterocycles. The van der Waals surface area contributed by atoms with Gasteiger partial charge >= 0.3 is 0 Å². The molecular weight excluding hydrogens is 238 g/mol. The highest BCUT2D eigenvalue weighted by Gasteiger charge is 2.47. The Morgan fingerprint density at radius 1 is 1.32 bits per heavy atom. The third-order valence-electron chi connectivity index (χ3n) is 4.29. The van der Waals surface area contributed by atoms with Crippen LogP contribution in [0, 0.1) is 17.8 Å². The van der Waals surface area contributed by atoms with Gasteiger partial charge in [0, 0.05) is 12.5 Å². The van der Waals surface area contributed by atoms with Crippen LogP contribution in [0.3, 0.4) is 0 Å². The number of nitrogens with one attached hydrogen (secondary N) is 1. The van der Waals surface area contributed by atoms with Crippen molar-refractivity contribution in [2.45, 2.75) is 32.7 Å². The Morgan fingerprint density at radius 3 is 2.84 bits per heavy atom. The van der Waals surface area contributed by atoms with Gasteiger partial charge in [0.05, 0.1) is 6.61 Å². The molecule has 2 saturated carbocycles. The first-order valence-corrected chi connectivity index (χ1v) is 7.25. The summed E-state index contributed by atoms with van der Waals surface area (Å²) in [6, 6.07) is 7.93. The topological polar surface area (TPSA) is 38.3 Å². The summed E-state index contributed by atoms with van der Waals surface area (Å²) in [4.78, 5) is 12.1. The van der Waals surface area contributed by atoms with Gasteiger partial charge in [0.25, 0.3) is 0 Å². The lowest BCUT2D eigenvalue weighted by Gasteiger charge is -2.12. The Labute approximate surface area is 114 Å². The number of fused-ring (bicyclic) bond motifs is 1. The van der Waals surface area contributed by atoms with E-state index in [-0.39, 0.29) is 11.8 Å². The van der Waals surface area contributed by atoms with Crippen LogP contribution >= 0.6 is 0 Å². The minimum absolute atomic E-state index is 0.231. The molecule has 1 aromatic carbocycles. The molecule has 2 aliphatic carbocycles. The molecule has 3 nitrogen and oxygen atoms in total. The second-order valence-corrected chi connectivity index (χ2v) is 5.72. The minimum atomic E-state index is 0.231. The molecule has 1 amide bonds. The summed E-state index contributed by atoms with van der Waals surface area (Å²) >= 11 is 0. The van der Waals surface area contributed by atoms with Gasteiger partial charge in [0.1, 0.15) is 5.75 Å². The Morgan fingerprint density at radius 2 is 2.11 bits per heavy atom. The molecule has 1 aromatic rings. The van der Waals surface area contributed by atoms with Crippen LogP contribution in [0.1, 0.15) is 31.7 Å². The van der Waals surface area contributed by atoms with Gasteiger partial charge in [0.2, 0.25) is 5.91 Å². The van der Waals surface area contributed by atoms with Gasteiger partial charge in [0.15, 0.2) is 0 Å². The molecule has 0 radical (unpaired) electrons. The van der Waals surface area contributed by atoms with Crippen LogP contribution in [0.5, 0.6) is 5.75 Å². The molecule has 0 spiro atoms. The molecule has 2 fully saturated rings. The molecule has 19 heavy (non-hydrogen) atoms. The van der Waals surface area contributed by atoms with E-state index in [1.807, 2.05) is 31.2 Å². The van der Waals surface area contributed by atoms with E-state index in [0.717, 1.165) is 36.0 Å². The van der Waals surface area contributed by atoms with Crippen LogP contribution in [-0.4, -0.2) is 12.5 Å². The molecular formula is C16H21NO2. The van der Waals surface area contributed by atoms with E-state index in [1.54, 1.807) is 0 Å². The number of hydrogen-bond acceptors (Lipinski definition) is 2. The van der Waals surface area contributed by atoms with Gasteiger partial charge in [-0.25, -0.2) is 0 Å². The van der Waals surface area contributed by atoms with Crippen molar-refractivity contribution in [1.82, 2.24) is 5.32 Å². The third kappa shape index (κ3) is 2.91. The van der Waals surface area contributed by atoms with Gasteiger partial charge in [-0.2, -0.15) is 0 Å². The van der Waals surface area contributed by atoms with E-state index in [2.05, 4.69) is 5.32 Å². The van der Waals surface area contributed by atoms with Crippen molar-refractivity contribution >= 4 is 5.91 Å². The van der Waals surface area contributed by atoms with Gasteiger partial charge in [-0.05, 0) is 55.7 Å². The Hall–Kier alpha value is -1.51. The fraction of sp³-hybridized carbons (Fsp3) is 0.562. The fourth-order valence-electron chi connectivity index (χ4n) is 3.17. The summed E-state index contributed by atoms with van der Waals surface area (Å²) in [5.74, 6) is 3.08. The number of hydrogen-bond donors (Lipinski definition) is 1. The van der Waals surface area contributed by atoms with Gasteiger partial charge in [-0.1, -0.05) is 12.1 Å². The molecule has 1 N–H and O–H groups in total. The number of ether oxygens (including phenoxy) is 1. The lowest BCUT2D eigenvalue weighted by Crippen LogP contribution is -2.29. The summed E-state index contributed by atoms with van der Waals surface area (Å²) in [7, 11) is 0. The van der Waals surface area contributed by atoms with Gasteiger partial charge in [-0.3, -0.25) is 4.79 Å². The van der Waals surface area contributed by atoms with Gasteiger partial charge in [-0.15, -0.1) is 0 Å². The summed E-state index contributed by atoms with van der Waals surface area (Å²) in [6.07, 6.45) is 3.57. The first kappa shape index (κ1) is 12.5. The Kier molecular flexibility index (Phi) is 3.45. The zero-order valence-corrected chi connectivity index (χ0v) is 11.4. The van der Waals surface area contributed by atoms with Crippen LogP contribution < -0.4 is 10.1 Å². The summed E-state index contributed by atoms with van der Waals surface area (Å²) in [6.45, 7) is 3.24. The Bertz CT molecular complexity index is 462. The first-order valence-electron chi connectivity index (χ1n) is 7.25. The van der Waals surface area contributed by atoms with Crippen molar-refractivity contribution in [3.63, 3.8) is 0 Å². The highest BCUT2D eigenvalue weighted by molar-refractivity contribution is 5.79. The van der Waals surface area contributed by atoms with Crippen LogP contribution in [0.2, 0.25) is 0 Å². The number of rotatable bonds is 5. The number of amides is 1. The van der Waals surface area contributed by atoms with Crippen LogP contribution in [0.15, 0.2) is 24.3 Å². The highest BCUT2D eigenvalue weighted by atomic mass is 16.5. The largest absolute Gasteiger partial charge is 0.494 e. The molecule has 3 rings (SSSR count). The van der Waals surface area contributed by atoms with Crippen LogP contribution in [0.25, 0.3) is 0 Å². The van der Waals surface area contributed by atoms with E-state index < -0.39 is 0 Å². The maximum atomic E-state index is 12.1. The molecule has 0 aromatic heterocycles. The molecule has 102 valence electrons. The van der Waals surface area contributed by atoms with Crippen molar-refractivity contribution in [3.05, 3.63) is 29.8 Å². The number of carbonyl (C=O) groups excluding carboxylic acids is 1. The number of benzene rings is 1. The van der Waals surface area contributed by atoms with E-state index in [0.29, 0.717) is 13.2 Å². The normalized spacial score (nSPS) is 27.7. The molecule has 0 bridgehead atoms. The second kappa shape index (κ2) is 5.24. The maximum absolute atomic E-state index is 12.1. The second-order valence-electron chi connectivity index (χ2n) is 5.72. The molecule has 3 heteroatoms. The molecule has 0 saturated heterocycles. The quantitative estimate of drug-likeness (QED) is 0.883. The maximum Gasteiger partial charge on any atom is 0.223 e. The Balaban J connectivity index is 1.51. The van der Waals surface area contributed by atoms with Crippen molar-refractivity contribution < 1.29 is 9.53 Å². The third-order valence-corrected chi connectivity index (χ3v) is 4.29. The lowest BCUT2D eigenvalue weighted by atomic mass is 10.0. The first-order chi connectivity index (χ1) is 9.26. The SMILES string of the molecule is CCOc1cccc(CNC(=O)C2CC3CC3C2)c1. The molecule has 0 aliphatic heterocycles. The lowest BCUT2D eigenvalue weighted by molar-refractivity contribution is -0.125. The van der Waals surface area contributed by atoms with Crippen LogP contribution in [-0.2, 0) is 11.3 Å². The molecule has 2 unspecified atom stereocenters. The minimum Gasteiger partial charge on any atom is -0.494 e. The van der Waals surface area contributed by atoms with E-state index in [9.17, 15) is 4.79 Å². The van der Waals surface area contributed by atoms with Gasteiger partial charge < -0.3 is 10.1 Å². The van der Waals surface area contributed by atoms with Crippen molar-refractivity contribution in [2.75, 3.05) is 6.61 Å². The average Bonchev–Trinajstić information content (AvgIpc) is 3.03. The zero-order valence-electron chi connectivity index (χ0n) is 11.4. The van der Waals surface area contributed by atoms with E-state index >= 15 is 0 Å². The highest BCUT2D eigenvalue weighted by Crippen LogP contribution is 2.54. The zero-order chi connectivity index (χ0) is 13.2. The molecule has 2 atom stereocenters. The smallest absolute Gasteiger partial charge is 0.223 e. The summed E-state index contributed by atoms with van der Waals surface area (Å²) < 4.78 is 5.46. The van der Waals surface area contributed by atoms with Crippen molar-refractivity contribution in [3.8, 4) is 5.75 Å². The monoisotopic (exact) mass is 259 g/mol. The predicted molar refractivity (Wildman–Crippen MR) is 73.8 cm³/mol. The van der Waals surface area contributed by atoms with Crippen molar-refractivity contribution in [1.29, 1.82) is 0 Å². The summed E-state index contributed by atoms with van der Waals surface area (Å²) in [5, 5.41) is 3.06. The van der Waals surface area contributed by atoms with E-state index in [1.165, 1.54) is 6.42 Å². The standard InChI is InChI=1S/C16H21NO2/c1-2-19-15-5-3-4-11(6-15)10-17-16(18)14-8-12-7-13(12)9-14/h3-6,12-14H,2,7-10H2,1H3,(H,17,18). The molecule has 2 aliphatic rings. The fourth-order valence-corrected chi connectivity index (χ4v) is 3.17. The van der Waals surface area contributed by atoms with E-state index in [4.69, 9.17) is 4.74 Å². The summed E-state index contributed by atoms with van der Waals surface area (Å²) in [5.41, 5.74) is 1.10.